The number of ether oxygens (including phenoxy) is 1. The highest BCUT2D eigenvalue weighted by Gasteiger charge is 2.24. The number of hydrogen-bond acceptors (Lipinski definition) is 4. The Bertz CT molecular complexity index is 577. The van der Waals surface area contributed by atoms with Gasteiger partial charge in [0, 0.05) is 29.7 Å². The van der Waals surface area contributed by atoms with Crippen LogP contribution >= 0.6 is 11.8 Å². The minimum Gasteiger partial charge on any atom is -0.495 e. The summed E-state index contributed by atoms with van der Waals surface area (Å²) in [6.45, 7) is 3.16. The SMILES string of the molecule is COc1ccc(C(=O)N2CCSCC2C)cc1C#CCN. The van der Waals surface area contributed by atoms with E-state index in [1.807, 2.05) is 16.7 Å². The molecule has 1 unspecified atom stereocenters. The lowest BCUT2D eigenvalue weighted by Crippen LogP contribution is -2.44. The summed E-state index contributed by atoms with van der Waals surface area (Å²) < 4.78 is 5.27. The summed E-state index contributed by atoms with van der Waals surface area (Å²) in [5.74, 6) is 8.46. The van der Waals surface area contributed by atoms with Crippen molar-refractivity contribution in [3.05, 3.63) is 29.3 Å². The molecule has 2 rings (SSSR count). The summed E-state index contributed by atoms with van der Waals surface area (Å²) in [7, 11) is 1.59. The molecule has 1 heterocycles. The number of hydrogen-bond donors (Lipinski definition) is 1. The van der Waals surface area contributed by atoms with E-state index >= 15 is 0 Å². The quantitative estimate of drug-likeness (QED) is 0.843. The van der Waals surface area contributed by atoms with Gasteiger partial charge in [0.25, 0.3) is 5.91 Å². The largest absolute Gasteiger partial charge is 0.495 e. The molecule has 2 N–H and O–H groups in total. The molecule has 0 spiro atoms. The zero-order chi connectivity index (χ0) is 15.2. The predicted molar refractivity (Wildman–Crippen MR) is 86.7 cm³/mol. The first-order chi connectivity index (χ1) is 10.2. The van der Waals surface area contributed by atoms with E-state index in [1.165, 1.54) is 0 Å². The second kappa shape index (κ2) is 7.39. The maximum absolute atomic E-state index is 12.6. The van der Waals surface area contributed by atoms with E-state index in [2.05, 4.69) is 18.8 Å². The van der Waals surface area contributed by atoms with Gasteiger partial charge in [-0.05, 0) is 25.1 Å². The zero-order valence-corrected chi connectivity index (χ0v) is 13.2. The Morgan fingerprint density at radius 2 is 2.38 bits per heavy atom. The zero-order valence-electron chi connectivity index (χ0n) is 12.4. The predicted octanol–water partition coefficient (Wildman–Crippen LogP) is 1.58. The Morgan fingerprint density at radius 3 is 3.05 bits per heavy atom. The molecule has 1 atom stereocenters. The molecule has 0 aromatic heterocycles. The van der Waals surface area contributed by atoms with Crippen LogP contribution in [0.25, 0.3) is 0 Å². The van der Waals surface area contributed by atoms with E-state index in [1.54, 1.807) is 25.3 Å². The van der Waals surface area contributed by atoms with Gasteiger partial charge >= 0.3 is 0 Å². The van der Waals surface area contributed by atoms with E-state index < -0.39 is 0 Å². The van der Waals surface area contributed by atoms with Crippen molar-refractivity contribution in [1.82, 2.24) is 4.90 Å². The Morgan fingerprint density at radius 1 is 1.57 bits per heavy atom. The molecule has 4 nitrogen and oxygen atoms in total. The second-order valence-corrected chi connectivity index (χ2v) is 5.99. The lowest BCUT2D eigenvalue weighted by molar-refractivity contribution is 0.0716. The van der Waals surface area contributed by atoms with Gasteiger partial charge in [0.1, 0.15) is 5.75 Å². The van der Waals surface area contributed by atoms with Crippen molar-refractivity contribution in [1.29, 1.82) is 0 Å². The molecule has 112 valence electrons. The molecule has 0 aliphatic carbocycles. The van der Waals surface area contributed by atoms with E-state index in [-0.39, 0.29) is 18.5 Å². The number of thioether (sulfide) groups is 1. The van der Waals surface area contributed by atoms with Crippen LogP contribution in [-0.2, 0) is 0 Å². The highest BCUT2D eigenvalue weighted by atomic mass is 32.2. The van der Waals surface area contributed by atoms with Crippen LogP contribution < -0.4 is 10.5 Å². The van der Waals surface area contributed by atoms with E-state index in [9.17, 15) is 4.79 Å². The molecule has 21 heavy (non-hydrogen) atoms. The third-order valence-electron chi connectivity index (χ3n) is 3.40. The van der Waals surface area contributed by atoms with E-state index in [4.69, 9.17) is 10.5 Å². The van der Waals surface area contributed by atoms with Crippen LogP contribution in [0.3, 0.4) is 0 Å². The third kappa shape index (κ3) is 3.72. The van der Waals surface area contributed by atoms with Gasteiger partial charge < -0.3 is 15.4 Å². The first-order valence-electron chi connectivity index (χ1n) is 6.93. The summed E-state index contributed by atoms with van der Waals surface area (Å²) in [5, 5.41) is 0. The smallest absolute Gasteiger partial charge is 0.254 e. The fraction of sp³-hybridized carbons (Fsp3) is 0.438. The lowest BCUT2D eigenvalue weighted by Gasteiger charge is -2.33. The molecule has 1 fully saturated rings. The van der Waals surface area contributed by atoms with Crippen LogP contribution in [0.5, 0.6) is 5.75 Å². The molecule has 0 bridgehead atoms. The molecular weight excluding hydrogens is 284 g/mol. The Kier molecular flexibility index (Phi) is 5.54. The molecule has 1 amide bonds. The lowest BCUT2D eigenvalue weighted by atomic mass is 10.1. The van der Waals surface area contributed by atoms with Crippen molar-refractivity contribution in [2.45, 2.75) is 13.0 Å². The normalized spacial score (nSPS) is 17.9. The number of benzene rings is 1. The van der Waals surface area contributed by atoms with Crippen molar-refractivity contribution in [2.75, 3.05) is 31.7 Å². The average molecular weight is 304 g/mol. The van der Waals surface area contributed by atoms with Crippen LogP contribution in [0.15, 0.2) is 18.2 Å². The highest BCUT2D eigenvalue weighted by Crippen LogP contribution is 2.22. The van der Waals surface area contributed by atoms with E-state index in [0.29, 0.717) is 16.9 Å². The summed E-state index contributed by atoms with van der Waals surface area (Å²) in [6, 6.07) is 5.63. The topological polar surface area (TPSA) is 55.6 Å². The maximum Gasteiger partial charge on any atom is 0.254 e. The molecule has 0 saturated carbocycles. The number of methoxy groups -OCH3 is 1. The third-order valence-corrected chi connectivity index (χ3v) is 4.59. The molecule has 5 heteroatoms. The average Bonchev–Trinajstić information content (AvgIpc) is 2.52. The molecular formula is C16H20N2O2S. The maximum atomic E-state index is 12.6. The Labute approximate surface area is 130 Å². The van der Waals surface area contributed by atoms with Crippen molar-refractivity contribution in [2.24, 2.45) is 5.73 Å². The van der Waals surface area contributed by atoms with Gasteiger partial charge in [0.15, 0.2) is 0 Å². The van der Waals surface area contributed by atoms with Gasteiger partial charge in [-0.15, -0.1) is 0 Å². The van der Waals surface area contributed by atoms with Gasteiger partial charge in [-0.3, -0.25) is 4.79 Å². The minimum absolute atomic E-state index is 0.0567. The first-order valence-corrected chi connectivity index (χ1v) is 8.08. The number of carbonyl (C=O) groups is 1. The van der Waals surface area contributed by atoms with Gasteiger partial charge in [-0.1, -0.05) is 11.8 Å². The summed E-state index contributed by atoms with van der Waals surface area (Å²) in [6.07, 6.45) is 0. The fourth-order valence-electron chi connectivity index (χ4n) is 2.28. The fourth-order valence-corrected chi connectivity index (χ4v) is 3.29. The number of carbonyl (C=O) groups excluding carboxylic acids is 1. The minimum atomic E-state index is 0.0567. The monoisotopic (exact) mass is 304 g/mol. The van der Waals surface area contributed by atoms with Crippen LogP contribution in [0, 0.1) is 11.8 Å². The Balaban J connectivity index is 2.28. The molecule has 1 saturated heterocycles. The number of nitrogens with two attached hydrogens (primary N) is 1. The standard InChI is InChI=1S/C16H20N2O2S/c1-12-11-21-9-8-18(12)16(19)14-5-6-15(20-2)13(10-14)4-3-7-17/h5-6,10,12H,7-9,11,17H2,1-2H3. The summed E-state index contributed by atoms with van der Waals surface area (Å²) in [4.78, 5) is 14.6. The highest BCUT2D eigenvalue weighted by molar-refractivity contribution is 7.99. The second-order valence-electron chi connectivity index (χ2n) is 4.84. The van der Waals surface area contributed by atoms with Crippen molar-refractivity contribution in [3.63, 3.8) is 0 Å². The van der Waals surface area contributed by atoms with Crippen LogP contribution in [-0.4, -0.2) is 48.6 Å². The van der Waals surface area contributed by atoms with Gasteiger partial charge in [0.2, 0.25) is 0 Å². The van der Waals surface area contributed by atoms with Crippen molar-refractivity contribution >= 4 is 17.7 Å². The molecule has 0 radical (unpaired) electrons. The van der Waals surface area contributed by atoms with Crippen LogP contribution in [0.1, 0.15) is 22.8 Å². The molecule has 1 aromatic carbocycles. The number of nitrogens with zero attached hydrogens (tertiary/aromatic N) is 1. The van der Waals surface area contributed by atoms with Gasteiger partial charge in [-0.2, -0.15) is 11.8 Å². The molecule has 1 aromatic rings. The molecule has 1 aliphatic heterocycles. The van der Waals surface area contributed by atoms with Crippen LogP contribution in [0.4, 0.5) is 0 Å². The Hall–Kier alpha value is -1.64. The van der Waals surface area contributed by atoms with Gasteiger partial charge in [-0.25, -0.2) is 0 Å². The number of rotatable bonds is 2. The van der Waals surface area contributed by atoms with E-state index in [0.717, 1.165) is 18.1 Å². The van der Waals surface area contributed by atoms with Crippen molar-refractivity contribution < 1.29 is 9.53 Å². The van der Waals surface area contributed by atoms with Gasteiger partial charge in [0.05, 0.1) is 19.2 Å². The summed E-state index contributed by atoms with van der Waals surface area (Å²) in [5.41, 5.74) is 6.76. The first kappa shape index (κ1) is 15.7. The number of amides is 1. The molecule has 1 aliphatic rings. The van der Waals surface area contributed by atoms with Crippen LogP contribution in [0.2, 0.25) is 0 Å². The van der Waals surface area contributed by atoms with Crippen molar-refractivity contribution in [3.8, 4) is 17.6 Å². The summed E-state index contributed by atoms with van der Waals surface area (Å²) >= 11 is 1.89.